The molecule has 104 valence electrons. The Morgan fingerprint density at radius 2 is 2.26 bits per heavy atom. The molecular formula is C14H19ClN2O2. The maximum atomic E-state index is 10.5. The number of anilines is 1. The van der Waals surface area contributed by atoms with Crippen LogP contribution in [0, 0.1) is 5.92 Å². The number of hydrogen-bond donors (Lipinski definition) is 1. The van der Waals surface area contributed by atoms with Crippen LogP contribution in [0.15, 0.2) is 17.8 Å². The van der Waals surface area contributed by atoms with Crippen molar-refractivity contribution in [2.75, 3.05) is 25.2 Å². The molecule has 0 saturated heterocycles. The van der Waals surface area contributed by atoms with Crippen LogP contribution in [0.2, 0.25) is 5.15 Å². The van der Waals surface area contributed by atoms with Crippen molar-refractivity contribution in [2.24, 2.45) is 5.92 Å². The molecule has 4 nitrogen and oxygen atoms in total. The van der Waals surface area contributed by atoms with Gasteiger partial charge >= 0.3 is 0 Å². The van der Waals surface area contributed by atoms with Crippen LogP contribution in [-0.2, 0) is 4.74 Å². The lowest BCUT2D eigenvalue weighted by molar-refractivity contribution is 0.163. The highest BCUT2D eigenvalue weighted by Gasteiger charge is 2.28. The molecule has 1 aromatic heterocycles. The minimum atomic E-state index is -0.638. The number of pyridine rings is 1. The van der Waals surface area contributed by atoms with E-state index in [0.717, 1.165) is 16.8 Å². The molecule has 19 heavy (non-hydrogen) atoms. The third kappa shape index (κ3) is 2.91. The van der Waals surface area contributed by atoms with Crippen LogP contribution in [0.5, 0.6) is 0 Å². The van der Waals surface area contributed by atoms with E-state index < -0.39 is 6.23 Å². The predicted octanol–water partition coefficient (Wildman–Crippen LogP) is 2.56. The number of ether oxygens (including phenoxy) is 1. The van der Waals surface area contributed by atoms with Crippen LogP contribution < -0.4 is 4.90 Å². The molecule has 0 saturated carbocycles. The highest BCUT2D eigenvalue weighted by Crippen LogP contribution is 2.35. The molecule has 0 aromatic carbocycles. The Hall–Kier alpha value is -1.10. The van der Waals surface area contributed by atoms with E-state index in [9.17, 15) is 5.11 Å². The molecular weight excluding hydrogens is 264 g/mol. The highest BCUT2D eigenvalue weighted by molar-refractivity contribution is 6.29. The lowest BCUT2D eigenvalue weighted by Gasteiger charge is -2.37. The first kappa shape index (κ1) is 14.3. The topological polar surface area (TPSA) is 45.6 Å². The molecule has 1 unspecified atom stereocenters. The van der Waals surface area contributed by atoms with Gasteiger partial charge in [0.2, 0.25) is 0 Å². The first-order valence-electron chi connectivity index (χ1n) is 6.35. The van der Waals surface area contributed by atoms with E-state index in [1.165, 1.54) is 0 Å². The van der Waals surface area contributed by atoms with Crippen LogP contribution in [0.3, 0.4) is 0 Å². The smallest absolute Gasteiger partial charge is 0.149 e. The van der Waals surface area contributed by atoms with E-state index in [4.69, 9.17) is 16.3 Å². The van der Waals surface area contributed by atoms with Gasteiger partial charge in [-0.15, -0.1) is 0 Å². The maximum Gasteiger partial charge on any atom is 0.149 e. The number of rotatable bonds is 4. The van der Waals surface area contributed by atoms with Gasteiger partial charge in [0.15, 0.2) is 0 Å². The van der Waals surface area contributed by atoms with Crippen LogP contribution in [0.25, 0.3) is 6.08 Å². The van der Waals surface area contributed by atoms with Gasteiger partial charge in [0, 0.05) is 25.4 Å². The second kappa shape index (κ2) is 5.90. The number of fused-ring (bicyclic) bond motifs is 1. The van der Waals surface area contributed by atoms with E-state index in [2.05, 4.69) is 18.8 Å². The van der Waals surface area contributed by atoms with Crippen LogP contribution in [0.1, 0.15) is 19.4 Å². The molecule has 0 spiro atoms. The zero-order chi connectivity index (χ0) is 14.0. The van der Waals surface area contributed by atoms with Crippen molar-refractivity contribution in [3.8, 4) is 0 Å². The maximum absolute atomic E-state index is 10.5. The van der Waals surface area contributed by atoms with Crippen LogP contribution in [0.4, 0.5) is 5.69 Å². The summed E-state index contributed by atoms with van der Waals surface area (Å²) in [5.74, 6) is 0.267. The molecule has 1 N–H and O–H groups in total. The molecule has 0 bridgehead atoms. The Bertz CT molecular complexity index is 488. The largest absolute Gasteiger partial charge is 0.383 e. The van der Waals surface area contributed by atoms with Crippen molar-refractivity contribution in [1.82, 2.24) is 4.98 Å². The molecule has 1 aliphatic rings. The van der Waals surface area contributed by atoms with Gasteiger partial charge in [-0.25, -0.2) is 4.98 Å². The molecule has 0 amide bonds. The fraction of sp³-hybridized carbons (Fsp3) is 0.500. The number of hydrogen-bond acceptors (Lipinski definition) is 4. The minimum Gasteiger partial charge on any atom is -0.383 e. The molecule has 5 heteroatoms. The van der Waals surface area contributed by atoms with Crippen molar-refractivity contribution in [1.29, 1.82) is 0 Å². The number of methoxy groups -OCH3 is 1. The van der Waals surface area contributed by atoms with Gasteiger partial charge in [0.1, 0.15) is 11.4 Å². The Labute approximate surface area is 118 Å². The summed E-state index contributed by atoms with van der Waals surface area (Å²) >= 11 is 5.95. The van der Waals surface area contributed by atoms with Gasteiger partial charge in [0.05, 0.1) is 12.3 Å². The summed E-state index contributed by atoms with van der Waals surface area (Å²) in [4.78, 5) is 6.01. The average molecular weight is 283 g/mol. The third-order valence-electron chi connectivity index (χ3n) is 3.31. The van der Waals surface area contributed by atoms with Gasteiger partial charge in [-0.05, 0) is 23.6 Å². The number of aliphatic hydroxyl groups excluding tert-OH is 1. The Balaban J connectivity index is 2.44. The summed E-state index contributed by atoms with van der Waals surface area (Å²) in [6.45, 7) is 5.28. The second-order valence-electron chi connectivity index (χ2n) is 4.92. The molecule has 2 rings (SSSR count). The summed E-state index contributed by atoms with van der Waals surface area (Å²) in [5.41, 5.74) is 2.86. The standard InChI is InChI=1S/C14H19ClN2O2/c1-9(2)11-6-10-8-16-13(15)7-12(10)17(14(11)18)4-5-19-3/h6-9,14,18H,4-5H2,1-3H3. The van der Waals surface area contributed by atoms with Crippen molar-refractivity contribution in [2.45, 2.75) is 20.1 Å². The van der Waals surface area contributed by atoms with Gasteiger partial charge in [0.25, 0.3) is 0 Å². The lowest BCUT2D eigenvalue weighted by Crippen LogP contribution is -2.42. The molecule has 0 fully saturated rings. The van der Waals surface area contributed by atoms with E-state index >= 15 is 0 Å². The normalized spacial score (nSPS) is 18.5. The lowest BCUT2D eigenvalue weighted by atomic mass is 9.94. The number of aromatic nitrogens is 1. The molecule has 1 atom stereocenters. The number of halogens is 1. The Morgan fingerprint density at radius 1 is 1.53 bits per heavy atom. The quantitative estimate of drug-likeness (QED) is 0.862. The van der Waals surface area contributed by atoms with E-state index in [0.29, 0.717) is 18.3 Å². The van der Waals surface area contributed by atoms with Gasteiger partial charge in [-0.1, -0.05) is 25.4 Å². The third-order valence-corrected chi connectivity index (χ3v) is 3.51. The minimum absolute atomic E-state index is 0.267. The zero-order valence-corrected chi connectivity index (χ0v) is 12.2. The number of aliphatic hydroxyl groups is 1. The number of nitrogens with zero attached hydrogens (tertiary/aromatic N) is 2. The predicted molar refractivity (Wildman–Crippen MR) is 77.3 cm³/mol. The Kier molecular flexibility index (Phi) is 4.45. The highest BCUT2D eigenvalue weighted by atomic mass is 35.5. The SMILES string of the molecule is COCCN1c2cc(Cl)ncc2C=C(C(C)C)C1O. The monoisotopic (exact) mass is 282 g/mol. The van der Waals surface area contributed by atoms with Crippen molar-refractivity contribution < 1.29 is 9.84 Å². The van der Waals surface area contributed by atoms with E-state index in [1.54, 1.807) is 19.4 Å². The molecule has 0 aliphatic carbocycles. The Morgan fingerprint density at radius 3 is 2.89 bits per heavy atom. The second-order valence-corrected chi connectivity index (χ2v) is 5.31. The summed E-state index contributed by atoms with van der Waals surface area (Å²) < 4.78 is 5.11. The summed E-state index contributed by atoms with van der Waals surface area (Å²) in [5, 5.41) is 10.9. The summed E-state index contributed by atoms with van der Waals surface area (Å²) in [6, 6.07) is 1.78. The van der Waals surface area contributed by atoms with Crippen molar-refractivity contribution >= 4 is 23.4 Å². The fourth-order valence-electron chi connectivity index (χ4n) is 2.25. The first-order chi connectivity index (χ1) is 9.04. The average Bonchev–Trinajstić information content (AvgIpc) is 2.37. The van der Waals surface area contributed by atoms with Gasteiger partial charge < -0.3 is 14.7 Å². The van der Waals surface area contributed by atoms with E-state index in [1.807, 2.05) is 11.0 Å². The van der Waals surface area contributed by atoms with Gasteiger partial charge in [-0.2, -0.15) is 0 Å². The molecule has 1 aliphatic heterocycles. The fourth-order valence-corrected chi connectivity index (χ4v) is 2.41. The van der Waals surface area contributed by atoms with Crippen molar-refractivity contribution in [3.63, 3.8) is 0 Å². The summed E-state index contributed by atoms with van der Waals surface area (Å²) in [7, 11) is 1.65. The van der Waals surface area contributed by atoms with Crippen LogP contribution in [-0.4, -0.2) is 36.6 Å². The zero-order valence-electron chi connectivity index (χ0n) is 11.4. The molecule has 1 aromatic rings. The van der Waals surface area contributed by atoms with Crippen molar-refractivity contribution in [3.05, 3.63) is 28.6 Å². The first-order valence-corrected chi connectivity index (χ1v) is 6.73. The van der Waals surface area contributed by atoms with Gasteiger partial charge in [-0.3, -0.25) is 0 Å². The van der Waals surface area contributed by atoms with E-state index in [-0.39, 0.29) is 5.92 Å². The molecule has 2 heterocycles. The van der Waals surface area contributed by atoms with Crippen LogP contribution >= 0.6 is 11.6 Å². The summed E-state index contributed by atoms with van der Waals surface area (Å²) in [6.07, 6.45) is 3.10. The molecule has 0 radical (unpaired) electrons.